The third kappa shape index (κ3) is 2.51. The lowest BCUT2D eigenvalue weighted by Crippen LogP contribution is -2.38. The SMILES string of the molecule is O=C(Nc1ccc(F)cc1F)N1CCc2sccc2C1. The number of anilines is 1. The highest BCUT2D eigenvalue weighted by molar-refractivity contribution is 7.10. The third-order valence-electron chi connectivity index (χ3n) is 3.27. The van der Waals surface area contributed by atoms with Crippen LogP contribution in [0.1, 0.15) is 10.4 Å². The normalized spacial score (nSPS) is 14.0. The number of nitrogens with one attached hydrogen (secondary N) is 1. The summed E-state index contributed by atoms with van der Waals surface area (Å²) >= 11 is 1.69. The molecule has 1 aliphatic heterocycles. The molecule has 0 atom stereocenters. The van der Waals surface area contributed by atoms with Gasteiger partial charge in [0, 0.05) is 24.0 Å². The van der Waals surface area contributed by atoms with Crippen molar-refractivity contribution in [2.75, 3.05) is 11.9 Å². The molecule has 0 saturated heterocycles. The predicted octanol–water partition coefficient (Wildman–Crippen LogP) is 3.62. The van der Waals surface area contributed by atoms with Crippen LogP contribution in [0.25, 0.3) is 0 Å². The van der Waals surface area contributed by atoms with Crippen LogP contribution in [-0.4, -0.2) is 17.5 Å². The minimum atomic E-state index is -0.772. The van der Waals surface area contributed by atoms with E-state index in [9.17, 15) is 13.6 Å². The van der Waals surface area contributed by atoms with Gasteiger partial charge in [0.2, 0.25) is 0 Å². The number of fused-ring (bicyclic) bond motifs is 1. The van der Waals surface area contributed by atoms with Crippen LogP contribution in [0.5, 0.6) is 0 Å². The van der Waals surface area contributed by atoms with E-state index in [1.165, 1.54) is 10.9 Å². The Morgan fingerprint density at radius 2 is 2.15 bits per heavy atom. The smallest absolute Gasteiger partial charge is 0.320 e. The number of carbonyl (C=O) groups is 1. The Kier molecular flexibility index (Phi) is 3.40. The van der Waals surface area contributed by atoms with E-state index in [1.54, 1.807) is 16.2 Å². The molecule has 0 bridgehead atoms. The molecule has 2 amide bonds. The van der Waals surface area contributed by atoms with Crippen molar-refractivity contribution >= 4 is 23.1 Å². The van der Waals surface area contributed by atoms with E-state index in [0.717, 1.165) is 24.1 Å². The molecule has 3 nitrogen and oxygen atoms in total. The number of halogens is 2. The molecule has 0 aliphatic carbocycles. The summed E-state index contributed by atoms with van der Waals surface area (Å²) < 4.78 is 26.3. The molecule has 1 aromatic carbocycles. The molecule has 6 heteroatoms. The van der Waals surface area contributed by atoms with Crippen LogP contribution in [0.15, 0.2) is 29.6 Å². The van der Waals surface area contributed by atoms with Crippen LogP contribution in [0.3, 0.4) is 0 Å². The van der Waals surface area contributed by atoms with Gasteiger partial charge >= 0.3 is 6.03 Å². The maximum atomic E-state index is 13.5. The summed E-state index contributed by atoms with van der Waals surface area (Å²) in [4.78, 5) is 15.0. The Morgan fingerprint density at radius 1 is 1.30 bits per heavy atom. The van der Waals surface area contributed by atoms with Crippen molar-refractivity contribution in [3.8, 4) is 0 Å². The first-order valence-electron chi connectivity index (χ1n) is 6.20. The quantitative estimate of drug-likeness (QED) is 0.856. The molecule has 2 aromatic rings. The summed E-state index contributed by atoms with van der Waals surface area (Å²) in [6, 6.07) is 4.72. The first-order valence-corrected chi connectivity index (χ1v) is 7.07. The molecule has 1 aromatic heterocycles. The van der Waals surface area contributed by atoms with E-state index >= 15 is 0 Å². The second kappa shape index (κ2) is 5.20. The van der Waals surface area contributed by atoms with Gasteiger partial charge in [-0.3, -0.25) is 0 Å². The molecular weight excluding hydrogens is 282 g/mol. The molecule has 20 heavy (non-hydrogen) atoms. The van der Waals surface area contributed by atoms with Gasteiger partial charge in [-0.1, -0.05) is 0 Å². The van der Waals surface area contributed by atoms with Gasteiger partial charge in [0.1, 0.15) is 11.6 Å². The summed E-state index contributed by atoms with van der Waals surface area (Å²) in [5.41, 5.74) is 1.13. The number of hydrogen-bond acceptors (Lipinski definition) is 2. The van der Waals surface area contributed by atoms with Gasteiger partial charge in [-0.25, -0.2) is 13.6 Å². The molecular formula is C14H12F2N2OS. The summed E-state index contributed by atoms with van der Waals surface area (Å²) in [6.07, 6.45) is 0.812. The second-order valence-corrected chi connectivity index (χ2v) is 5.60. The molecule has 3 rings (SSSR count). The zero-order valence-electron chi connectivity index (χ0n) is 10.5. The van der Waals surface area contributed by atoms with Crippen molar-refractivity contribution in [1.82, 2.24) is 4.90 Å². The van der Waals surface area contributed by atoms with Crippen molar-refractivity contribution in [2.24, 2.45) is 0 Å². The molecule has 0 unspecified atom stereocenters. The Bertz CT molecular complexity index is 656. The molecule has 104 valence electrons. The Balaban J connectivity index is 1.71. The maximum absolute atomic E-state index is 13.5. The Morgan fingerprint density at radius 3 is 2.95 bits per heavy atom. The Labute approximate surface area is 118 Å². The average molecular weight is 294 g/mol. The zero-order valence-corrected chi connectivity index (χ0v) is 11.3. The summed E-state index contributed by atoms with van der Waals surface area (Å²) in [6.45, 7) is 1.12. The molecule has 1 aliphatic rings. The minimum Gasteiger partial charge on any atom is -0.320 e. The summed E-state index contributed by atoms with van der Waals surface area (Å²) in [7, 11) is 0. The average Bonchev–Trinajstić information content (AvgIpc) is 2.89. The number of rotatable bonds is 1. The van der Waals surface area contributed by atoms with Crippen LogP contribution in [0.2, 0.25) is 0 Å². The first-order chi connectivity index (χ1) is 9.63. The van der Waals surface area contributed by atoms with Gasteiger partial charge in [0.05, 0.1) is 5.69 Å². The molecule has 1 N–H and O–H groups in total. The molecule has 0 fully saturated rings. The highest BCUT2D eigenvalue weighted by Gasteiger charge is 2.22. The van der Waals surface area contributed by atoms with E-state index in [1.807, 2.05) is 11.4 Å². The predicted molar refractivity (Wildman–Crippen MR) is 73.8 cm³/mol. The van der Waals surface area contributed by atoms with Crippen molar-refractivity contribution < 1.29 is 13.6 Å². The highest BCUT2D eigenvalue weighted by Crippen LogP contribution is 2.24. The minimum absolute atomic E-state index is 0.00693. The Hall–Kier alpha value is -1.95. The maximum Gasteiger partial charge on any atom is 0.322 e. The van der Waals surface area contributed by atoms with Crippen molar-refractivity contribution in [2.45, 2.75) is 13.0 Å². The van der Waals surface area contributed by atoms with E-state index in [0.29, 0.717) is 13.1 Å². The number of amides is 2. The van der Waals surface area contributed by atoms with Crippen LogP contribution in [-0.2, 0) is 13.0 Å². The van der Waals surface area contributed by atoms with Gasteiger partial charge in [-0.2, -0.15) is 0 Å². The van der Waals surface area contributed by atoms with Crippen molar-refractivity contribution in [3.05, 3.63) is 51.7 Å². The second-order valence-electron chi connectivity index (χ2n) is 4.59. The van der Waals surface area contributed by atoms with E-state index < -0.39 is 11.6 Å². The number of hydrogen-bond donors (Lipinski definition) is 1. The lowest BCUT2D eigenvalue weighted by Gasteiger charge is -2.27. The summed E-state index contributed by atoms with van der Waals surface area (Å²) in [5, 5.41) is 4.48. The van der Waals surface area contributed by atoms with Crippen LogP contribution in [0.4, 0.5) is 19.3 Å². The van der Waals surface area contributed by atoms with Crippen molar-refractivity contribution in [3.63, 3.8) is 0 Å². The number of benzene rings is 1. The van der Waals surface area contributed by atoms with Crippen LogP contribution in [0, 0.1) is 11.6 Å². The van der Waals surface area contributed by atoms with E-state index in [2.05, 4.69) is 5.32 Å². The number of urea groups is 1. The third-order valence-corrected chi connectivity index (χ3v) is 4.29. The summed E-state index contributed by atoms with van der Waals surface area (Å²) in [5.74, 6) is -1.44. The molecule has 0 spiro atoms. The van der Waals surface area contributed by atoms with Gasteiger partial charge in [-0.15, -0.1) is 11.3 Å². The monoisotopic (exact) mass is 294 g/mol. The van der Waals surface area contributed by atoms with E-state index in [-0.39, 0.29) is 11.7 Å². The lowest BCUT2D eigenvalue weighted by atomic mass is 10.1. The van der Waals surface area contributed by atoms with Crippen molar-refractivity contribution in [1.29, 1.82) is 0 Å². The standard InChI is InChI=1S/C14H12F2N2OS/c15-10-1-2-12(11(16)7-10)17-14(19)18-5-3-13-9(8-18)4-6-20-13/h1-2,4,6-7H,3,5,8H2,(H,17,19). The van der Waals surface area contributed by atoms with Gasteiger partial charge in [0.25, 0.3) is 0 Å². The topological polar surface area (TPSA) is 32.3 Å². The number of thiophene rings is 1. The molecule has 0 radical (unpaired) electrons. The fourth-order valence-corrected chi connectivity index (χ4v) is 3.10. The fourth-order valence-electron chi connectivity index (χ4n) is 2.21. The number of carbonyl (C=O) groups excluding carboxylic acids is 1. The first kappa shape index (κ1) is 13.1. The van der Waals surface area contributed by atoms with Gasteiger partial charge < -0.3 is 10.2 Å². The van der Waals surface area contributed by atoms with Gasteiger partial charge in [0.15, 0.2) is 0 Å². The molecule has 2 heterocycles. The zero-order chi connectivity index (χ0) is 14.1. The lowest BCUT2D eigenvalue weighted by molar-refractivity contribution is 0.206. The van der Waals surface area contributed by atoms with Gasteiger partial charge in [-0.05, 0) is 35.6 Å². The highest BCUT2D eigenvalue weighted by atomic mass is 32.1. The number of nitrogens with zero attached hydrogens (tertiary/aromatic N) is 1. The largest absolute Gasteiger partial charge is 0.322 e. The molecule has 0 saturated carbocycles. The van der Waals surface area contributed by atoms with Crippen LogP contribution >= 0.6 is 11.3 Å². The van der Waals surface area contributed by atoms with E-state index in [4.69, 9.17) is 0 Å². The van der Waals surface area contributed by atoms with Crippen LogP contribution < -0.4 is 5.32 Å². The fraction of sp³-hybridized carbons (Fsp3) is 0.214.